The quantitative estimate of drug-likeness (QED) is 0.635. The molecule has 0 aliphatic carbocycles. The lowest BCUT2D eigenvalue weighted by molar-refractivity contribution is -0.150. The summed E-state index contributed by atoms with van der Waals surface area (Å²) in [4.78, 5) is 50.0. The summed E-state index contributed by atoms with van der Waals surface area (Å²) in [6, 6.07) is 10.7. The summed E-state index contributed by atoms with van der Waals surface area (Å²) in [6.45, 7) is 4.77. The fourth-order valence-electron chi connectivity index (χ4n) is 2.94. The summed E-state index contributed by atoms with van der Waals surface area (Å²) in [7, 11) is 0. The lowest BCUT2D eigenvalue weighted by Crippen LogP contribution is -2.44. The molecule has 0 saturated heterocycles. The number of benzene rings is 2. The molecule has 0 aromatic heterocycles. The Bertz CT molecular complexity index is 948. The summed E-state index contributed by atoms with van der Waals surface area (Å²) in [5.74, 6) is -2.44. The first-order valence-corrected chi connectivity index (χ1v) is 8.80. The molecule has 0 fully saturated rings. The first-order valence-electron chi connectivity index (χ1n) is 8.80. The Morgan fingerprint density at radius 3 is 2.18 bits per heavy atom. The van der Waals surface area contributed by atoms with Crippen LogP contribution in [0.3, 0.4) is 0 Å². The van der Waals surface area contributed by atoms with E-state index in [1.54, 1.807) is 18.2 Å². The molecule has 1 atom stereocenters. The first-order chi connectivity index (χ1) is 13.3. The molecule has 144 valence electrons. The van der Waals surface area contributed by atoms with Crippen LogP contribution in [0.5, 0.6) is 0 Å². The van der Waals surface area contributed by atoms with E-state index in [0.717, 1.165) is 16.0 Å². The Morgan fingerprint density at radius 2 is 1.61 bits per heavy atom. The van der Waals surface area contributed by atoms with Crippen LogP contribution in [0.1, 0.15) is 38.8 Å². The van der Waals surface area contributed by atoms with Gasteiger partial charge in [-0.3, -0.25) is 19.3 Å². The van der Waals surface area contributed by atoms with Gasteiger partial charge in [-0.15, -0.1) is 0 Å². The Kier molecular flexibility index (Phi) is 5.26. The molecule has 1 N–H and O–H groups in total. The number of hydrogen-bond donors (Lipinski definition) is 1. The van der Waals surface area contributed by atoms with Gasteiger partial charge in [-0.05, 0) is 56.2 Å². The average Bonchev–Trinajstić information content (AvgIpc) is 2.93. The minimum Gasteiger partial charge on any atom is -0.454 e. The van der Waals surface area contributed by atoms with E-state index in [-0.39, 0.29) is 11.1 Å². The molecule has 2 aromatic rings. The summed E-state index contributed by atoms with van der Waals surface area (Å²) in [5, 5.41) is 2.64. The van der Waals surface area contributed by atoms with Crippen LogP contribution in [0.4, 0.5) is 5.69 Å². The molecule has 0 bridgehead atoms. The monoisotopic (exact) mass is 380 g/mol. The Morgan fingerprint density at radius 1 is 1.00 bits per heavy atom. The zero-order valence-corrected chi connectivity index (χ0v) is 15.8. The van der Waals surface area contributed by atoms with Gasteiger partial charge in [0, 0.05) is 5.69 Å². The van der Waals surface area contributed by atoms with Crippen LogP contribution in [-0.2, 0) is 14.3 Å². The maximum atomic E-state index is 12.4. The van der Waals surface area contributed by atoms with Gasteiger partial charge < -0.3 is 10.1 Å². The largest absolute Gasteiger partial charge is 0.454 e. The van der Waals surface area contributed by atoms with Gasteiger partial charge in [0.15, 0.2) is 6.61 Å². The number of imide groups is 1. The van der Waals surface area contributed by atoms with E-state index >= 15 is 0 Å². The summed E-state index contributed by atoms with van der Waals surface area (Å²) >= 11 is 0. The molecule has 2 aromatic carbocycles. The molecule has 1 heterocycles. The highest BCUT2D eigenvalue weighted by Crippen LogP contribution is 2.24. The van der Waals surface area contributed by atoms with E-state index in [1.165, 1.54) is 19.1 Å². The van der Waals surface area contributed by atoms with Gasteiger partial charge in [0.2, 0.25) is 0 Å². The lowest BCUT2D eigenvalue weighted by Gasteiger charge is -2.20. The molecule has 1 aliphatic rings. The first kappa shape index (κ1) is 19.3. The van der Waals surface area contributed by atoms with Gasteiger partial charge in [0.1, 0.15) is 6.04 Å². The Hall–Kier alpha value is -3.48. The van der Waals surface area contributed by atoms with E-state index in [4.69, 9.17) is 4.74 Å². The number of aryl methyl sites for hydroxylation is 2. The van der Waals surface area contributed by atoms with Gasteiger partial charge in [-0.1, -0.05) is 18.2 Å². The molecule has 7 nitrogen and oxygen atoms in total. The van der Waals surface area contributed by atoms with E-state index in [2.05, 4.69) is 5.32 Å². The van der Waals surface area contributed by atoms with Crippen molar-refractivity contribution in [2.45, 2.75) is 26.8 Å². The fraction of sp³-hybridized carbons (Fsp3) is 0.238. The molecule has 0 unspecified atom stereocenters. The number of hydrogen-bond acceptors (Lipinski definition) is 5. The molecule has 3 amide bonds. The zero-order valence-electron chi connectivity index (χ0n) is 15.8. The highest BCUT2D eigenvalue weighted by molar-refractivity contribution is 6.22. The minimum atomic E-state index is -1.14. The summed E-state index contributed by atoms with van der Waals surface area (Å²) < 4.78 is 5.00. The molecule has 1 aliphatic heterocycles. The maximum absolute atomic E-state index is 12.4. The second kappa shape index (κ2) is 7.64. The van der Waals surface area contributed by atoms with Crippen molar-refractivity contribution >= 4 is 29.4 Å². The molecular weight excluding hydrogens is 360 g/mol. The average molecular weight is 380 g/mol. The molecule has 0 saturated carbocycles. The van der Waals surface area contributed by atoms with Crippen LogP contribution in [0.25, 0.3) is 0 Å². The molecular formula is C21H20N2O5. The molecule has 7 heteroatoms. The van der Waals surface area contributed by atoms with Crippen molar-refractivity contribution in [3.8, 4) is 0 Å². The Balaban J connectivity index is 1.59. The number of amides is 3. The van der Waals surface area contributed by atoms with Gasteiger partial charge >= 0.3 is 5.97 Å². The number of nitrogens with zero attached hydrogens (tertiary/aromatic N) is 1. The van der Waals surface area contributed by atoms with Gasteiger partial charge in [-0.25, -0.2) is 4.79 Å². The molecule has 3 rings (SSSR count). The third kappa shape index (κ3) is 3.64. The van der Waals surface area contributed by atoms with Crippen molar-refractivity contribution in [3.05, 3.63) is 64.7 Å². The second-order valence-corrected chi connectivity index (χ2v) is 6.66. The minimum absolute atomic E-state index is 0.250. The highest BCUT2D eigenvalue weighted by atomic mass is 16.5. The second-order valence-electron chi connectivity index (χ2n) is 6.66. The number of carbonyl (C=O) groups excluding carboxylic acids is 4. The maximum Gasteiger partial charge on any atom is 0.329 e. The van der Waals surface area contributed by atoms with E-state index < -0.39 is 36.3 Å². The van der Waals surface area contributed by atoms with Crippen LogP contribution in [0.15, 0.2) is 42.5 Å². The summed E-state index contributed by atoms with van der Waals surface area (Å²) in [5.41, 5.74) is 3.21. The molecule has 28 heavy (non-hydrogen) atoms. The van der Waals surface area contributed by atoms with Gasteiger partial charge in [0.05, 0.1) is 11.1 Å². The van der Waals surface area contributed by atoms with Crippen LogP contribution >= 0.6 is 0 Å². The number of rotatable bonds is 5. The standard InChI is InChI=1S/C21H20N2O5/c1-12-8-9-15(10-13(12)2)22-18(24)11-28-21(27)14(3)23-19(25)16-6-4-5-7-17(16)20(23)26/h4-10,14H,11H2,1-3H3,(H,22,24)/t14-/m1/s1. The van der Waals surface area contributed by atoms with Crippen molar-refractivity contribution in [1.82, 2.24) is 4.90 Å². The van der Waals surface area contributed by atoms with E-state index in [1.807, 2.05) is 26.0 Å². The van der Waals surface area contributed by atoms with E-state index in [0.29, 0.717) is 5.69 Å². The zero-order chi connectivity index (χ0) is 20.4. The van der Waals surface area contributed by atoms with Crippen molar-refractivity contribution in [2.75, 3.05) is 11.9 Å². The van der Waals surface area contributed by atoms with Crippen LogP contribution in [0.2, 0.25) is 0 Å². The third-order valence-electron chi connectivity index (χ3n) is 4.69. The van der Waals surface area contributed by atoms with Crippen LogP contribution < -0.4 is 5.32 Å². The van der Waals surface area contributed by atoms with Gasteiger partial charge in [-0.2, -0.15) is 0 Å². The normalized spacial score (nSPS) is 13.9. The smallest absolute Gasteiger partial charge is 0.329 e. The van der Waals surface area contributed by atoms with Crippen LogP contribution in [-0.4, -0.2) is 41.2 Å². The summed E-state index contributed by atoms with van der Waals surface area (Å²) in [6.07, 6.45) is 0. The predicted octanol–water partition coefficient (Wildman–Crippen LogP) is 2.47. The van der Waals surface area contributed by atoms with Crippen molar-refractivity contribution < 1.29 is 23.9 Å². The number of ether oxygens (including phenoxy) is 1. The lowest BCUT2D eigenvalue weighted by atomic mass is 10.1. The number of nitrogens with one attached hydrogen (secondary N) is 1. The third-order valence-corrected chi connectivity index (χ3v) is 4.69. The Labute approximate surface area is 162 Å². The topological polar surface area (TPSA) is 92.8 Å². The van der Waals surface area contributed by atoms with Crippen LogP contribution in [0, 0.1) is 13.8 Å². The predicted molar refractivity (Wildman–Crippen MR) is 102 cm³/mol. The number of carbonyl (C=O) groups is 4. The molecule has 0 radical (unpaired) electrons. The number of esters is 1. The number of anilines is 1. The highest BCUT2D eigenvalue weighted by Gasteiger charge is 2.41. The van der Waals surface area contributed by atoms with Gasteiger partial charge in [0.25, 0.3) is 17.7 Å². The van der Waals surface area contributed by atoms with E-state index in [9.17, 15) is 19.2 Å². The fourth-order valence-corrected chi connectivity index (χ4v) is 2.94. The SMILES string of the molecule is Cc1ccc(NC(=O)COC(=O)[C@@H](C)N2C(=O)c3ccccc3C2=O)cc1C. The molecule has 0 spiro atoms. The van der Waals surface area contributed by atoms with Crippen molar-refractivity contribution in [3.63, 3.8) is 0 Å². The van der Waals surface area contributed by atoms with Crippen molar-refractivity contribution in [2.24, 2.45) is 0 Å². The van der Waals surface area contributed by atoms with Crippen molar-refractivity contribution in [1.29, 1.82) is 0 Å². The number of fused-ring (bicyclic) bond motifs is 1.